The summed E-state index contributed by atoms with van der Waals surface area (Å²) in [6.45, 7) is 8.84. The lowest BCUT2D eigenvalue weighted by Gasteiger charge is -2.61. The van der Waals surface area contributed by atoms with Crippen LogP contribution in [0.4, 0.5) is 0 Å². The van der Waals surface area contributed by atoms with E-state index in [0.717, 1.165) is 18.4 Å². The van der Waals surface area contributed by atoms with E-state index in [1.807, 2.05) is 0 Å². The Balaban J connectivity index is 1.83. The van der Waals surface area contributed by atoms with Crippen molar-refractivity contribution in [1.29, 1.82) is 0 Å². The van der Waals surface area contributed by atoms with Crippen molar-refractivity contribution < 1.29 is 28.7 Å². The maximum atomic E-state index is 12.5. The van der Waals surface area contributed by atoms with E-state index in [9.17, 15) is 19.2 Å². The number of ketones is 2. The van der Waals surface area contributed by atoms with Gasteiger partial charge in [-0.05, 0) is 73.3 Å². The summed E-state index contributed by atoms with van der Waals surface area (Å²) in [5, 5.41) is 0. The van der Waals surface area contributed by atoms with Gasteiger partial charge in [0, 0.05) is 32.1 Å². The third kappa shape index (κ3) is 3.46. The van der Waals surface area contributed by atoms with Crippen molar-refractivity contribution in [3.8, 4) is 0 Å². The Labute approximate surface area is 184 Å². The van der Waals surface area contributed by atoms with Crippen LogP contribution in [0.2, 0.25) is 0 Å². The molecule has 4 aliphatic rings. The van der Waals surface area contributed by atoms with Crippen LogP contribution in [-0.4, -0.2) is 35.7 Å². The molecule has 6 heteroatoms. The minimum Gasteiger partial charge on any atom is -0.462 e. The van der Waals surface area contributed by atoms with Crippen LogP contribution >= 0.6 is 0 Å². The molecule has 4 aliphatic carbocycles. The molecule has 8 atom stereocenters. The number of fused-ring (bicyclic) bond motifs is 5. The molecule has 0 heterocycles. The van der Waals surface area contributed by atoms with Crippen LogP contribution in [0.15, 0.2) is 11.6 Å². The molecule has 170 valence electrons. The van der Waals surface area contributed by atoms with Gasteiger partial charge < -0.3 is 9.47 Å². The maximum absolute atomic E-state index is 12.5. The standard InChI is InChI=1S/C25H34O6/c1-13(26)18-6-7-19-17-11-21(30-14(2)27)20-10-16(29)8-9-24(20,4)23(17)22(31-15(3)28)12-25(18,19)5/h10,17-19,21-23H,6-9,11-12H2,1-5H3/t17-,18+,19-,21?,22?,23+,24-,25+/m0/s1. The molecule has 0 amide bonds. The van der Waals surface area contributed by atoms with Gasteiger partial charge in [-0.2, -0.15) is 0 Å². The highest BCUT2D eigenvalue weighted by Crippen LogP contribution is 2.67. The highest BCUT2D eigenvalue weighted by atomic mass is 16.5. The Kier molecular flexibility index (Phi) is 5.42. The molecule has 3 fully saturated rings. The van der Waals surface area contributed by atoms with E-state index in [1.165, 1.54) is 13.8 Å². The molecule has 3 saturated carbocycles. The van der Waals surface area contributed by atoms with Gasteiger partial charge in [0.1, 0.15) is 18.0 Å². The average Bonchev–Trinajstić information content (AvgIpc) is 2.99. The quantitative estimate of drug-likeness (QED) is 0.633. The minimum atomic E-state index is -0.440. The number of ether oxygens (including phenoxy) is 2. The molecule has 0 aromatic rings. The second-order valence-corrected chi connectivity index (χ2v) is 10.7. The molecule has 0 bridgehead atoms. The SMILES string of the molecule is CC(=O)OC1C[C@H]2[C@@H]3CC[C@H](C(C)=O)[C@@]3(C)CC(OC(C)=O)[C@@H]2[C@@]2(C)CCC(=O)C=C12. The van der Waals surface area contributed by atoms with Crippen LogP contribution in [-0.2, 0) is 28.7 Å². The first kappa shape index (κ1) is 22.2. The fraction of sp³-hybridized carbons (Fsp3) is 0.760. The summed E-state index contributed by atoms with van der Waals surface area (Å²) in [5.41, 5.74) is 0.255. The second-order valence-electron chi connectivity index (χ2n) is 10.7. The van der Waals surface area contributed by atoms with Gasteiger partial charge in [-0.25, -0.2) is 0 Å². The summed E-state index contributed by atoms with van der Waals surface area (Å²) in [6.07, 6.45) is 5.11. The van der Waals surface area contributed by atoms with Gasteiger partial charge in [-0.3, -0.25) is 19.2 Å². The van der Waals surface area contributed by atoms with Crippen LogP contribution in [0, 0.1) is 34.5 Å². The number of hydrogen-bond donors (Lipinski definition) is 0. The number of carbonyl (C=O) groups is 4. The van der Waals surface area contributed by atoms with Crippen molar-refractivity contribution in [3.63, 3.8) is 0 Å². The van der Waals surface area contributed by atoms with Gasteiger partial charge >= 0.3 is 11.9 Å². The third-order valence-corrected chi connectivity index (χ3v) is 8.98. The van der Waals surface area contributed by atoms with Crippen molar-refractivity contribution in [2.45, 2.75) is 85.4 Å². The lowest BCUT2D eigenvalue weighted by Crippen LogP contribution is -2.60. The molecule has 6 nitrogen and oxygen atoms in total. The molecule has 0 spiro atoms. The Morgan fingerprint density at radius 1 is 1.03 bits per heavy atom. The highest BCUT2D eigenvalue weighted by molar-refractivity contribution is 5.92. The zero-order valence-electron chi connectivity index (χ0n) is 19.2. The van der Waals surface area contributed by atoms with Gasteiger partial charge in [0.2, 0.25) is 0 Å². The van der Waals surface area contributed by atoms with Crippen molar-refractivity contribution in [2.75, 3.05) is 0 Å². The molecule has 0 N–H and O–H groups in total. The Morgan fingerprint density at radius 3 is 2.32 bits per heavy atom. The zero-order chi connectivity index (χ0) is 22.7. The first-order valence-corrected chi connectivity index (χ1v) is 11.6. The molecule has 31 heavy (non-hydrogen) atoms. The van der Waals surface area contributed by atoms with E-state index in [-0.39, 0.29) is 58.2 Å². The Hall–Kier alpha value is -1.98. The summed E-state index contributed by atoms with van der Waals surface area (Å²) in [6, 6.07) is 0. The summed E-state index contributed by atoms with van der Waals surface area (Å²) < 4.78 is 11.7. The van der Waals surface area contributed by atoms with E-state index in [1.54, 1.807) is 13.0 Å². The van der Waals surface area contributed by atoms with Crippen molar-refractivity contribution in [2.24, 2.45) is 34.5 Å². The van der Waals surface area contributed by atoms with Crippen LogP contribution < -0.4 is 0 Å². The van der Waals surface area contributed by atoms with E-state index in [4.69, 9.17) is 9.47 Å². The van der Waals surface area contributed by atoms with Gasteiger partial charge in [-0.15, -0.1) is 0 Å². The highest BCUT2D eigenvalue weighted by Gasteiger charge is 2.65. The molecule has 0 aliphatic heterocycles. The van der Waals surface area contributed by atoms with Crippen molar-refractivity contribution in [1.82, 2.24) is 0 Å². The predicted molar refractivity (Wildman–Crippen MR) is 113 cm³/mol. The molecular weight excluding hydrogens is 396 g/mol. The van der Waals surface area contributed by atoms with E-state index >= 15 is 0 Å². The Morgan fingerprint density at radius 2 is 1.71 bits per heavy atom. The van der Waals surface area contributed by atoms with Gasteiger partial charge in [-0.1, -0.05) is 13.8 Å². The Bertz CT molecular complexity index is 858. The molecule has 0 aromatic carbocycles. The second kappa shape index (κ2) is 7.56. The average molecular weight is 431 g/mol. The third-order valence-electron chi connectivity index (χ3n) is 8.98. The number of Topliss-reactive ketones (excluding diaryl/α,β-unsaturated/α-hetero) is 1. The van der Waals surface area contributed by atoms with Crippen LogP contribution in [0.3, 0.4) is 0 Å². The fourth-order valence-electron chi connectivity index (χ4n) is 7.98. The van der Waals surface area contributed by atoms with E-state index in [2.05, 4.69) is 13.8 Å². The monoisotopic (exact) mass is 430 g/mol. The van der Waals surface area contributed by atoms with Crippen molar-refractivity contribution in [3.05, 3.63) is 11.6 Å². The predicted octanol–water partition coefficient (Wildman–Crippen LogP) is 3.81. The summed E-state index contributed by atoms with van der Waals surface area (Å²) >= 11 is 0. The first-order chi connectivity index (χ1) is 14.5. The molecule has 0 radical (unpaired) electrons. The van der Waals surface area contributed by atoms with Gasteiger partial charge in [0.25, 0.3) is 0 Å². The largest absolute Gasteiger partial charge is 0.462 e. The van der Waals surface area contributed by atoms with Gasteiger partial charge in [0.05, 0.1) is 0 Å². The fourth-order valence-corrected chi connectivity index (χ4v) is 7.98. The van der Waals surface area contributed by atoms with Crippen LogP contribution in [0.5, 0.6) is 0 Å². The zero-order valence-corrected chi connectivity index (χ0v) is 19.2. The van der Waals surface area contributed by atoms with E-state index in [0.29, 0.717) is 31.6 Å². The summed E-state index contributed by atoms with van der Waals surface area (Å²) in [7, 11) is 0. The molecule has 2 unspecified atom stereocenters. The molecular formula is C25H34O6. The number of hydrogen-bond acceptors (Lipinski definition) is 6. The van der Waals surface area contributed by atoms with Gasteiger partial charge in [0.15, 0.2) is 5.78 Å². The smallest absolute Gasteiger partial charge is 0.303 e. The minimum absolute atomic E-state index is 0.0404. The van der Waals surface area contributed by atoms with E-state index < -0.39 is 6.10 Å². The topological polar surface area (TPSA) is 86.7 Å². The number of rotatable bonds is 3. The van der Waals surface area contributed by atoms with Crippen LogP contribution in [0.25, 0.3) is 0 Å². The molecule has 4 rings (SSSR count). The summed E-state index contributed by atoms with van der Waals surface area (Å²) in [5.74, 6) is 0.0592. The molecule has 0 aromatic heterocycles. The van der Waals surface area contributed by atoms with Crippen molar-refractivity contribution >= 4 is 23.5 Å². The normalized spacial score (nSPS) is 43.8. The number of esters is 2. The lowest BCUT2D eigenvalue weighted by atomic mass is 9.45. The molecule has 0 saturated heterocycles. The number of carbonyl (C=O) groups excluding carboxylic acids is 4. The first-order valence-electron chi connectivity index (χ1n) is 11.6. The summed E-state index contributed by atoms with van der Waals surface area (Å²) in [4.78, 5) is 48.9. The van der Waals surface area contributed by atoms with Crippen LogP contribution in [0.1, 0.15) is 73.1 Å². The lowest BCUT2D eigenvalue weighted by molar-refractivity contribution is -0.184. The maximum Gasteiger partial charge on any atom is 0.303 e.